The number of benzene rings is 1. The van der Waals surface area contributed by atoms with Crippen molar-refractivity contribution in [1.82, 2.24) is 14.9 Å². The Labute approximate surface area is 152 Å². The van der Waals surface area contributed by atoms with Gasteiger partial charge in [-0.25, -0.2) is 4.98 Å². The Bertz CT molecular complexity index is 742. The van der Waals surface area contributed by atoms with Gasteiger partial charge in [0, 0.05) is 36.9 Å². The van der Waals surface area contributed by atoms with Crippen LogP contribution in [0.4, 0.5) is 5.82 Å². The lowest BCUT2D eigenvalue weighted by Gasteiger charge is -2.21. The maximum absolute atomic E-state index is 12.7. The maximum Gasteiger partial charge on any atom is 0.293 e. The molecular weight excluding hydrogens is 336 g/mol. The molecule has 0 unspecified atom stereocenters. The van der Waals surface area contributed by atoms with Gasteiger partial charge in [-0.1, -0.05) is 12.1 Å². The molecule has 7 heteroatoms. The Kier molecular flexibility index (Phi) is 6.36. The summed E-state index contributed by atoms with van der Waals surface area (Å²) in [5, 5.41) is 3.34. The van der Waals surface area contributed by atoms with Crippen LogP contribution in [-0.4, -0.2) is 48.6 Å². The molecule has 0 amide bonds. The second-order valence-corrected chi connectivity index (χ2v) is 6.69. The normalized spacial score (nSPS) is 15.0. The van der Waals surface area contributed by atoms with Crippen molar-refractivity contribution in [2.24, 2.45) is 0 Å². The third kappa shape index (κ3) is 4.55. The van der Waals surface area contributed by atoms with Gasteiger partial charge in [0.2, 0.25) is 0 Å². The number of aromatic nitrogens is 2. The fraction of sp³-hybridized carbons (Fsp3) is 0.444. The first kappa shape index (κ1) is 17.8. The quantitative estimate of drug-likeness (QED) is 0.794. The standard InChI is InChI=1S/C18H24N4O2S/c1-25-16-6-3-2-5-15(16)24-14-13-22-12-9-20-17(18(22)23)21-10-4-7-19-8-11-21/h2-3,5-6,9,12,19H,4,7-8,10-11,13-14H2,1H3. The summed E-state index contributed by atoms with van der Waals surface area (Å²) in [5.41, 5.74) is -0.0499. The van der Waals surface area contributed by atoms with E-state index in [2.05, 4.69) is 15.2 Å². The highest BCUT2D eigenvalue weighted by Gasteiger charge is 2.15. The molecule has 0 bridgehead atoms. The molecule has 6 nitrogen and oxygen atoms in total. The first-order valence-electron chi connectivity index (χ1n) is 8.56. The molecule has 134 valence electrons. The summed E-state index contributed by atoms with van der Waals surface area (Å²) >= 11 is 1.65. The number of thioether (sulfide) groups is 1. The number of rotatable bonds is 6. The van der Waals surface area contributed by atoms with Crippen molar-refractivity contribution in [3.8, 4) is 5.75 Å². The largest absolute Gasteiger partial charge is 0.491 e. The molecule has 1 aromatic heterocycles. The molecule has 0 spiro atoms. The minimum Gasteiger partial charge on any atom is -0.491 e. The zero-order chi connectivity index (χ0) is 17.5. The van der Waals surface area contributed by atoms with Crippen LogP contribution in [0.2, 0.25) is 0 Å². The second kappa shape index (κ2) is 8.92. The van der Waals surface area contributed by atoms with Crippen LogP contribution in [0.3, 0.4) is 0 Å². The zero-order valence-electron chi connectivity index (χ0n) is 14.5. The molecule has 0 saturated carbocycles. The Morgan fingerprint density at radius 2 is 2.16 bits per heavy atom. The van der Waals surface area contributed by atoms with Crippen molar-refractivity contribution < 1.29 is 4.74 Å². The van der Waals surface area contributed by atoms with E-state index in [1.807, 2.05) is 30.5 Å². The molecule has 0 aliphatic carbocycles. The average molecular weight is 360 g/mol. The van der Waals surface area contributed by atoms with Crippen LogP contribution in [0.1, 0.15) is 6.42 Å². The molecule has 0 radical (unpaired) electrons. The Hall–Kier alpha value is -1.99. The highest BCUT2D eigenvalue weighted by Crippen LogP contribution is 2.26. The van der Waals surface area contributed by atoms with Crippen LogP contribution >= 0.6 is 11.8 Å². The van der Waals surface area contributed by atoms with Crippen LogP contribution in [-0.2, 0) is 6.54 Å². The highest BCUT2D eigenvalue weighted by molar-refractivity contribution is 7.98. The van der Waals surface area contributed by atoms with E-state index in [9.17, 15) is 4.79 Å². The predicted molar refractivity (Wildman–Crippen MR) is 102 cm³/mol. The summed E-state index contributed by atoms with van der Waals surface area (Å²) < 4.78 is 7.55. The smallest absolute Gasteiger partial charge is 0.293 e. The minimum atomic E-state index is -0.0499. The van der Waals surface area contributed by atoms with E-state index in [0.717, 1.165) is 43.2 Å². The molecule has 1 aromatic carbocycles. The highest BCUT2D eigenvalue weighted by atomic mass is 32.2. The molecule has 2 heterocycles. The number of nitrogens with zero attached hydrogens (tertiary/aromatic N) is 3. The van der Waals surface area contributed by atoms with Gasteiger partial charge in [0.25, 0.3) is 5.56 Å². The van der Waals surface area contributed by atoms with Crippen LogP contribution in [0.5, 0.6) is 5.75 Å². The molecular formula is C18H24N4O2S. The fourth-order valence-corrected chi connectivity index (χ4v) is 3.42. The summed E-state index contributed by atoms with van der Waals surface area (Å²) in [6, 6.07) is 7.94. The van der Waals surface area contributed by atoms with Gasteiger partial charge >= 0.3 is 0 Å². The van der Waals surface area contributed by atoms with E-state index >= 15 is 0 Å². The number of hydrogen-bond acceptors (Lipinski definition) is 6. The number of nitrogens with one attached hydrogen (secondary N) is 1. The van der Waals surface area contributed by atoms with Crippen LogP contribution in [0.15, 0.2) is 46.3 Å². The fourth-order valence-electron chi connectivity index (χ4n) is 2.88. The maximum atomic E-state index is 12.7. The summed E-state index contributed by atoms with van der Waals surface area (Å²) in [4.78, 5) is 20.2. The number of para-hydroxylation sites is 1. The lowest BCUT2D eigenvalue weighted by Crippen LogP contribution is -2.36. The Morgan fingerprint density at radius 1 is 1.28 bits per heavy atom. The molecule has 1 saturated heterocycles. The first-order chi connectivity index (χ1) is 12.3. The van der Waals surface area contributed by atoms with Crippen molar-refractivity contribution in [3.05, 3.63) is 47.0 Å². The van der Waals surface area contributed by atoms with E-state index in [1.54, 1.807) is 28.7 Å². The van der Waals surface area contributed by atoms with Crippen LogP contribution in [0.25, 0.3) is 0 Å². The molecule has 1 aliphatic rings. The van der Waals surface area contributed by atoms with Gasteiger partial charge < -0.3 is 19.5 Å². The molecule has 1 aliphatic heterocycles. The van der Waals surface area contributed by atoms with E-state index in [4.69, 9.17) is 4.74 Å². The van der Waals surface area contributed by atoms with Crippen molar-refractivity contribution in [2.75, 3.05) is 43.9 Å². The van der Waals surface area contributed by atoms with Crippen molar-refractivity contribution >= 4 is 17.6 Å². The number of anilines is 1. The lowest BCUT2D eigenvalue weighted by atomic mass is 10.3. The molecule has 0 atom stereocenters. The third-order valence-electron chi connectivity index (χ3n) is 4.19. The van der Waals surface area contributed by atoms with E-state index in [-0.39, 0.29) is 5.56 Å². The Morgan fingerprint density at radius 3 is 3.04 bits per heavy atom. The Balaban J connectivity index is 1.66. The van der Waals surface area contributed by atoms with Crippen molar-refractivity contribution in [3.63, 3.8) is 0 Å². The molecule has 3 rings (SSSR count). The van der Waals surface area contributed by atoms with Crippen molar-refractivity contribution in [2.45, 2.75) is 17.9 Å². The summed E-state index contributed by atoms with van der Waals surface area (Å²) in [6.45, 7) is 4.48. The van der Waals surface area contributed by atoms with Gasteiger partial charge in [-0.2, -0.15) is 0 Å². The van der Waals surface area contributed by atoms with E-state index < -0.39 is 0 Å². The van der Waals surface area contributed by atoms with Gasteiger partial charge in [0.15, 0.2) is 5.82 Å². The predicted octanol–water partition coefficient (Wildman–Crippen LogP) is 1.84. The minimum absolute atomic E-state index is 0.0499. The average Bonchev–Trinajstić information content (AvgIpc) is 2.93. The van der Waals surface area contributed by atoms with Gasteiger partial charge in [-0.3, -0.25) is 4.79 Å². The lowest BCUT2D eigenvalue weighted by molar-refractivity contribution is 0.290. The molecule has 1 fully saturated rings. The SMILES string of the molecule is CSc1ccccc1OCCn1ccnc(N2CCCNCC2)c1=O. The number of hydrogen-bond donors (Lipinski definition) is 1. The van der Waals surface area contributed by atoms with Gasteiger partial charge in [-0.05, 0) is 31.4 Å². The molecule has 2 aromatic rings. The second-order valence-electron chi connectivity index (χ2n) is 5.84. The monoisotopic (exact) mass is 360 g/mol. The van der Waals surface area contributed by atoms with Crippen molar-refractivity contribution in [1.29, 1.82) is 0 Å². The summed E-state index contributed by atoms with van der Waals surface area (Å²) in [7, 11) is 0. The summed E-state index contributed by atoms with van der Waals surface area (Å²) in [5.74, 6) is 1.40. The van der Waals surface area contributed by atoms with Crippen LogP contribution < -0.4 is 20.5 Å². The summed E-state index contributed by atoms with van der Waals surface area (Å²) in [6.07, 6.45) is 6.47. The third-order valence-corrected chi connectivity index (χ3v) is 4.97. The zero-order valence-corrected chi connectivity index (χ0v) is 15.3. The van der Waals surface area contributed by atoms with Gasteiger partial charge in [0.1, 0.15) is 12.4 Å². The molecule has 1 N–H and O–H groups in total. The van der Waals surface area contributed by atoms with E-state index in [1.165, 1.54) is 0 Å². The molecule has 25 heavy (non-hydrogen) atoms. The van der Waals surface area contributed by atoms with E-state index in [0.29, 0.717) is 19.0 Å². The topological polar surface area (TPSA) is 59.4 Å². The first-order valence-corrected chi connectivity index (χ1v) is 9.79. The van der Waals surface area contributed by atoms with Gasteiger partial charge in [-0.15, -0.1) is 11.8 Å². The number of ether oxygens (including phenoxy) is 1. The van der Waals surface area contributed by atoms with Crippen LogP contribution in [0, 0.1) is 0 Å². The van der Waals surface area contributed by atoms with Gasteiger partial charge in [0.05, 0.1) is 6.54 Å².